The Morgan fingerprint density at radius 1 is 1.50 bits per heavy atom. The highest BCUT2D eigenvalue weighted by atomic mass is 32.2. The van der Waals surface area contributed by atoms with Crippen molar-refractivity contribution in [1.82, 2.24) is 15.5 Å². The third-order valence-electron chi connectivity index (χ3n) is 5.08. The summed E-state index contributed by atoms with van der Waals surface area (Å²) in [5, 5.41) is 6.14. The first-order valence-electron chi connectivity index (χ1n) is 8.63. The summed E-state index contributed by atoms with van der Waals surface area (Å²) in [6, 6.07) is -0.792. The molecule has 8 heteroatoms. The van der Waals surface area contributed by atoms with E-state index in [0.29, 0.717) is 18.6 Å². The summed E-state index contributed by atoms with van der Waals surface area (Å²) in [5.74, 6) is 0.0664. The molecule has 4 N–H and O–H groups in total. The maximum absolute atomic E-state index is 13.2. The number of amides is 3. The van der Waals surface area contributed by atoms with Gasteiger partial charge in [0.25, 0.3) is 0 Å². The van der Waals surface area contributed by atoms with Crippen LogP contribution in [0.1, 0.15) is 39.5 Å². The first-order valence-corrected chi connectivity index (χ1v) is 9.68. The number of primary amides is 1. The van der Waals surface area contributed by atoms with E-state index in [1.807, 2.05) is 13.8 Å². The average molecular weight is 354 g/mol. The van der Waals surface area contributed by atoms with Crippen LogP contribution in [0.3, 0.4) is 0 Å². The number of rotatable bonds is 5. The van der Waals surface area contributed by atoms with Crippen LogP contribution in [0.5, 0.6) is 0 Å². The van der Waals surface area contributed by atoms with E-state index in [4.69, 9.17) is 5.73 Å². The first kappa shape index (κ1) is 17.5. The number of fused-ring (bicyclic) bond motifs is 1. The van der Waals surface area contributed by atoms with Gasteiger partial charge in [-0.1, -0.05) is 13.8 Å². The van der Waals surface area contributed by atoms with Crippen molar-refractivity contribution in [2.45, 2.75) is 62.5 Å². The van der Waals surface area contributed by atoms with Crippen LogP contribution in [0.2, 0.25) is 0 Å². The van der Waals surface area contributed by atoms with Crippen LogP contribution >= 0.6 is 11.8 Å². The van der Waals surface area contributed by atoms with Gasteiger partial charge in [-0.25, -0.2) is 0 Å². The van der Waals surface area contributed by atoms with E-state index < -0.39 is 17.5 Å². The number of hydrogen-bond acceptors (Lipinski definition) is 5. The lowest BCUT2D eigenvalue weighted by Gasteiger charge is -2.32. The molecule has 0 aromatic rings. The lowest BCUT2D eigenvalue weighted by atomic mass is 9.86. The fourth-order valence-corrected chi connectivity index (χ4v) is 5.63. The summed E-state index contributed by atoms with van der Waals surface area (Å²) in [6.07, 6.45) is 2.88. The van der Waals surface area contributed by atoms with E-state index in [-0.39, 0.29) is 29.1 Å². The minimum absolute atomic E-state index is 0.0782. The van der Waals surface area contributed by atoms with Crippen molar-refractivity contribution in [3.63, 3.8) is 0 Å². The number of hydrogen-bond donors (Lipinski definition) is 3. The van der Waals surface area contributed by atoms with Crippen molar-refractivity contribution < 1.29 is 14.4 Å². The van der Waals surface area contributed by atoms with E-state index in [9.17, 15) is 14.4 Å². The molecule has 3 fully saturated rings. The Kier molecular flexibility index (Phi) is 4.79. The minimum atomic E-state index is -0.915. The first-order chi connectivity index (χ1) is 11.3. The minimum Gasteiger partial charge on any atom is -0.368 e. The molecule has 0 aromatic heterocycles. The van der Waals surface area contributed by atoms with Crippen LogP contribution < -0.4 is 16.4 Å². The Balaban J connectivity index is 1.83. The quantitative estimate of drug-likeness (QED) is 0.634. The topological polar surface area (TPSA) is 105 Å². The summed E-state index contributed by atoms with van der Waals surface area (Å²) in [4.78, 5) is 39.1. The molecular weight excluding hydrogens is 328 g/mol. The molecule has 3 rings (SSSR count). The van der Waals surface area contributed by atoms with Crippen LogP contribution in [0, 0.1) is 5.92 Å². The lowest BCUT2D eigenvalue weighted by molar-refractivity contribution is -0.141. The predicted molar refractivity (Wildman–Crippen MR) is 92.0 cm³/mol. The molecular formula is C16H26N4O3S. The Labute approximate surface area is 146 Å². The lowest BCUT2D eigenvalue weighted by Crippen LogP contribution is -2.59. The van der Waals surface area contributed by atoms with E-state index in [1.54, 1.807) is 16.7 Å². The smallest absolute Gasteiger partial charge is 0.250 e. The van der Waals surface area contributed by atoms with Crippen molar-refractivity contribution in [3.8, 4) is 0 Å². The van der Waals surface area contributed by atoms with E-state index in [1.165, 1.54) is 0 Å². The molecule has 0 aromatic carbocycles. The monoisotopic (exact) mass is 354 g/mol. The SMILES string of the molecule is CC(C)C[C@@]1(NC(=O)C2CCCN2)C[C@H]2SC[C@H](C(N)=O)N2C1=O. The van der Waals surface area contributed by atoms with Crippen molar-refractivity contribution in [1.29, 1.82) is 0 Å². The van der Waals surface area contributed by atoms with E-state index in [2.05, 4.69) is 10.6 Å². The predicted octanol–water partition coefficient (Wildman–Crippen LogP) is -0.201. The van der Waals surface area contributed by atoms with Gasteiger partial charge in [-0.05, 0) is 31.7 Å². The third kappa shape index (κ3) is 3.01. The standard InChI is InChI=1S/C16H26N4O3S/c1-9(2)6-16(19-14(22)10-4-3-5-18-10)7-12-20(15(16)23)11(8-24-12)13(17)21/h9-12,18H,3-8H2,1-2H3,(H2,17,21)(H,19,22)/t10?,11-,12-,16-/m1/s1. The second-order valence-corrected chi connectivity index (χ2v) is 8.65. The maximum atomic E-state index is 13.2. The van der Waals surface area contributed by atoms with Crippen molar-refractivity contribution in [3.05, 3.63) is 0 Å². The van der Waals surface area contributed by atoms with Gasteiger partial charge in [-0.15, -0.1) is 11.8 Å². The zero-order chi connectivity index (χ0) is 17.5. The number of carbonyl (C=O) groups is 3. The molecule has 3 saturated heterocycles. The number of nitrogens with zero attached hydrogens (tertiary/aromatic N) is 1. The van der Waals surface area contributed by atoms with Crippen LogP contribution in [0.4, 0.5) is 0 Å². The fourth-order valence-electron chi connectivity index (χ4n) is 4.10. The van der Waals surface area contributed by atoms with E-state index >= 15 is 0 Å². The largest absolute Gasteiger partial charge is 0.368 e. The number of carbonyl (C=O) groups excluding carboxylic acids is 3. The van der Waals surface area contributed by atoms with Gasteiger partial charge in [0.15, 0.2) is 0 Å². The molecule has 4 atom stereocenters. The maximum Gasteiger partial charge on any atom is 0.250 e. The number of thioether (sulfide) groups is 1. The summed E-state index contributed by atoms with van der Waals surface area (Å²) < 4.78 is 0. The van der Waals surface area contributed by atoms with Crippen LogP contribution in [-0.2, 0) is 14.4 Å². The Morgan fingerprint density at radius 3 is 2.83 bits per heavy atom. The molecule has 24 heavy (non-hydrogen) atoms. The molecule has 3 amide bonds. The average Bonchev–Trinajstić information content (AvgIpc) is 3.18. The molecule has 0 bridgehead atoms. The molecule has 3 aliphatic heterocycles. The Morgan fingerprint density at radius 2 is 2.25 bits per heavy atom. The Bertz CT molecular complexity index is 549. The van der Waals surface area contributed by atoms with Crippen LogP contribution in [0.15, 0.2) is 0 Å². The molecule has 7 nitrogen and oxygen atoms in total. The highest BCUT2D eigenvalue weighted by Crippen LogP contribution is 2.44. The van der Waals surface area contributed by atoms with Gasteiger partial charge in [0.1, 0.15) is 11.6 Å². The van der Waals surface area contributed by atoms with Gasteiger partial charge in [-0.3, -0.25) is 14.4 Å². The van der Waals surface area contributed by atoms with Gasteiger partial charge in [0, 0.05) is 12.2 Å². The zero-order valence-electron chi connectivity index (χ0n) is 14.2. The van der Waals surface area contributed by atoms with Gasteiger partial charge in [0.05, 0.1) is 11.4 Å². The Hall–Kier alpha value is -1.28. The fraction of sp³-hybridized carbons (Fsp3) is 0.812. The van der Waals surface area contributed by atoms with Gasteiger partial charge >= 0.3 is 0 Å². The van der Waals surface area contributed by atoms with Gasteiger partial charge in [-0.2, -0.15) is 0 Å². The van der Waals surface area contributed by atoms with Crippen molar-refractivity contribution in [2.75, 3.05) is 12.3 Å². The van der Waals surface area contributed by atoms with Crippen molar-refractivity contribution >= 4 is 29.5 Å². The molecule has 0 saturated carbocycles. The summed E-state index contributed by atoms with van der Waals surface area (Å²) in [6.45, 7) is 4.91. The highest BCUT2D eigenvalue weighted by molar-refractivity contribution is 8.00. The summed E-state index contributed by atoms with van der Waals surface area (Å²) in [5.41, 5.74) is 4.55. The molecule has 0 spiro atoms. The normalized spacial score (nSPS) is 35.5. The molecule has 0 radical (unpaired) electrons. The third-order valence-corrected chi connectivity index (χ3v) is 6.37. The molecule has 3 heterocycles. The summed E-state index contributed by atoms with van der Waals surface area (Å²) >= 11 is 1.58. The molecule has 3 aliphatic rings. The zero-order valence-corrected chi connectivity index (χ0v) is 15.0. The second kappa shape index (κ2) is 6.55. The highest BCUT2D eigenvalue weighted by Gasteiger charge is 2.58. The van der Waals surface area contributed by atoms with Crippen LogP contribution in [0.25, 0.3) is 0 Å². The number of nitrogens with one attached hydrogen (secondary N) is 2. The van der Waals surface area contributed by atoms with Gasteiger partial charge < -0.3 is 21.3 Å². The number of nitrogens with two attached hydrogens (primary N) is 1. The summed E-state index contributed by atoms with van der Waals surface area (Å²) in [7, 11) is 0. The van der Waals surface area contributed by atoms with Gasteiger partial charge in [0.2, 0.25) is 17.7 Å². The van der Waals surface area contributed by atoms with Crippen molar-refractivity contribution in [2.24, 2.45) is 11.7 Å². The van der Waals surface area contributed by atoms with E-state index in [0.717, 1.165) is 19.4 Å². The van der Waals surface area contributed by atoms with Crippen LogP contribution in [-0.4, -0.2) is 57.9 Å². The molecule has 0 aliphatic carbocycles. The molecule has 134 valence electrons. The second-order valence-electron chi connectivity index (χ2n) is 7.44. The molecule has 1 unspecified atom stereocenters.